The lowest BCUT2D eigenvalue weighted by Gasteiger charge is -2.20. The Hall–Kier alpha value is -0.835. The van der Waals surface area contributed by atoms with Gasteiger partial charge in [0, 0.05) is 6.54 Å². The van der Waals surface area contributed by atoms with E-state index in [0.29, 0.717) is 5.46 Å². The summed E-state index contributed by atoms with van der Waals surface area (Å²) in [6.45, 7) is 5.51. The third-order valence-electron chi connectivity index (χ3n) is 4.29. The van der Waals surface area contributed by atoms with E-state index in [2.05, 4.69) is 17.9 Å². The van der Waals surface area contributed by atoms with Crippen LogP contribution >= 0.6 is 0 Å². The maximum atomic E-state index is 9.23. The van der Waals surface area contributed by atoms with Crippen LogP contribution in [0.5, 0.6) is 0 Å². The topological polar surface area (TPSA) is 43.7 Å². The van der Waals surface area contributed by atoms with E-state index in [4.69, 9.17) is 0 Å². The number of nitrogens with zero attached hydrogens (tertiary/aromatic N) is 1. The number of likely N-dealkylation sites (tertiary alicyclic amines) is 1. The van der Waals surface area contributed by atoms with Gasteiger partial charge in [-0.25, -0.2) is 0 Å². The first-order valence-corrected chi connectivity index (χ1v) is 7.86. The van der Waals surface area contributed by atoms with Gasteiger partial charge in [0.2, 0.25) is 0 Å². The summed E-state index contributed by atoms with van der Waals surface area (Å²) >= 11 is 0. The molecule has 1 unspecified atom stereocenters. The predicted molar refractivity (Wildman–Crippen MR) is 83.8 cm³/mol. The number of hydrogen-bond acceptors (Lipinski definition) is 3. The third-order valence-corrected chi connectivity index (χ3v) is 4.29. The Kier molecular flexibility index (Phi) is 6.08. The van der Waals surface area contributed by atoms with Crippen LogP contribution in [0.15, 0.2) is 24.3 Å². The van der Waals surface area contributed by atoms with Crippen LogP contribution in [-0.4, -0.2) is 35.2 Å². The summed E-state index contributed by atoms with van der Waals surface area (Å²) in [5, 5.41) is 18.5. The molecule has 1 aromatic rings. The van der Waals surface area contributed by atoms with Gasteiger partial charge < -0.3 is 10.0 Å². The molecule has 3 nitrogen and oxygen atoms in total. The molecule has 1 aliphatic rings. The zero-order valence-electron chi connectivity index (χ0n) is 12.5. The van der Waals surface area contributed by atoms with E-state index in [1.165, 1.54) is 37.7 Å². The minimum absolute atomic E-state index is 0.584. The fourth-order valence-corrected chi connectivity index (χ4v) is 3.19. The van der Waals surface area contributed by atoms with E-state index < -0.39 is 7.12 Å². The van der Waals surface area contributed by atoms with Crippen LogP contribution in [0.1, 0.15) is 44.6 Å². The molecular formula is C16H26BNO2. The van der Waals surface area contributed by atoms with Crippen LogP contribution in [0.25, 0.3) is 0 Å². The highest BCUT2D eigenvalue weighted by Gasteiger charge is 2.17. The molecule has 20 heavy (non-hydrogen) atoms. The molecule has 0 radical (unpaired) electrons. The predicted octanol–water partition coefficient (Wildman–Crippen LogP) is 1.77. The average Bonchev–Trinajstić information content (AvgIpc) is 2.65. The van der Waals surface area contributed by atoms with Crippen molar-refractivity contribution in [2.45, 2.75) is 45.6 Å². The number of benzene rings is 1. The molecule has 0 amide bonds. The highest BCUT2D eigenvalue weighted by atomic mass is 16.4. The molecule has 2 rings (SSSR count). The molecule has 0 spiro atoms. The van der Waals surface area contributed by atoms with Crippen LogP contribution < -0.4 is 5.46 Å². The Morgan fingerprint density at radius 1 is 1.25 bits per heavy atom. The van der Waals surface area contributed by atoms with E-state index >= 15 is 0 Å². The van der Waals surface area contributed by atoms with Gasteiger partial charge in [-0.05, 0) is 49.3 Å². The first kappa shape index (κ1) is 15.6. The van der Waals surface area contributed by atoms with Gasteiger partial charge in [0.15, 0.2) is 0 Å². The van der Waals surface area contributed by atoms with Crippen molar-refractivity contribution in [3.8, 4) is 0 Å². The molecular weight excluding hydrogens is 249 g/mol. The van der Waals surface area contributed by atoms with Crippen molar-refractivity contribution in [3.63, 3.8) is 0 Å². The molecule has 1 heterocycles. The van der Waals surface area contributed by atoms with Crippen molar-refractivity contribution >= 4 is 12.6 Å². The monoisotopic (exact) mass is 275 g/mol. The highest BCUT2D eigenvalue weighted by molar-refractivity contribution is 6.58. The van der Waals surface area contributed by atoms with E-state index in [-0.39, 0.29) is 0 Å². The molecule has 1 aliphatic heterocycles. The molecule has 0 saturated carbocycles. The minimum atomic E-state index is -1.37. The van der Waals surface area contributed by atoms with Crippen LogP contribution in [0.3, 0.4) is 0 Å². The van der Waals surface area contributed by atoms with Crippen molar-refractivity contribution in [2.75, 3.05) is 13.1 Å². The van der Waals surface area contributed by atoms with Crippen LogP contribution in [0, 0.1) is 5.92 Å². The van der Waals surface area contributed by atoms with E-state index in [0.717, 1.165) is 25.6 Å². The van der Waals surface area contributed by atoms with E-state index in [1.807, 2.05) is 12.1 Å². The van der Waals surface area contributed by atoms with Gasteiger partial charge in [-0.2, -0.15) is 0 Å². The Labute approximate surface area is 122 Å². The van der Waals surface area contributed by atoms with Gasteiger partial charge in [-0.15, -0.1) is 0 Å². The molecule has 110 valence electrons. The Morgan fingerprint density at radius 2 is 2.10 bits per heavy atom. The van der Waals surface area contributed by atoms with Gasteiger partial charge in [0.25, 0.3) is 0 Å². The molecule has 0 bridgehead atoms. The van der Waals surface area contributed by atoms with Crippen molar-refractivity contribution in [1.29, 1.82) is 0 Å². The fourth-order valence-electron chi connectivity index (χ4n) is 3.19. The fraction of sp³-hybridized carbons (Fsp3) is 0.625. The molecule has 1 atom stereocenters. The summed E-state index contributed by atoms with van der Waals surface area (Å²) in [5.41, 5.74) is 1.76. The smallest absolute Gasteiger partial charge is 0.423 e. The Balaban J connectivity index is 1.91. The Bertz CT molecular complexity index is 411. The Morgan fingerprint density at radius 3 is 2.85 bits per heavy atom. The van der Waals surface area contributed by atoms with Crippen LogP contribution in [-0.2, 0) is 6.54 Å². The van der Waals surface area contributed by atoms with E-state index in [1.54, 1.807) is 6.07 Å². The molecule has 0 aliphatic carbocycles. The van der Waals surface area contributed by atoms with Crippen molar-refractivity contribution in [1.82, 2.24) is 4.90 Å². The van der Waals surface area contributed by atoms with Gasteiger partial charge in [0.1, 0.15) is 0 Å². The van der Waals surface area contributed by atoms with Crippen LogP contribution in [0.2, 0.25) is 0 Å². The first-order chi connectivity index (χ1) is 9.69. The summed E-state index contributed by atoms with van der Waals surface area (Å²) in [5.74, 6) is 0.899. The lowest BCUT2D eigenvalue weighted by molar-refractivity contribution is 0.271. The van der Waals surface area contributed by atoms with Crippen LogP contribution in [0.4, 0.5) is 0 Å². The average molecular weight is 275 g/mol. The normalized spacial score (nSPS) is 20.6. The lowest BCUT2D eigenvalue weighted by atomic mass is 9.79. The number of rotatable bonds is 5. The zero-order chi connectivity index (χ0) is 14.4. The van der Waals surface area contributed by atoms with Gasteiger partial charge in [-0.3, -0.25) is 4.90 Å². The number of hydrogen-bond donors (Lipinski definition) is 2. The standard InChI is InChI=1S/C16H26BNO2/c1-2-5-14-7-4-10-18(11-9-14)13-15-6-3-8-16(12-15)17(19)20/h3,6,8,12,14,19-20H,2,4-5,7,9-11,13H2,1H3. The molecule has 1 aromatic carbocycles. The second-order valence-electron chi connectivity index (χ2n) is 5.98. The quantitative estimate of drug-likeness (QED) is 0.805. The van der Waals surface area contributed by atoms with Gasteiger partial charge >= 0.3 is 7.12 Å². The molecule has 1 fully saturated rings. The maximum Gasteiger partial charge on any atom is 0.488 e. The SMILES string of the molecule is CCCC1CCCN(Cc2cccc(B(O)O)c2)CC1. The van der Waals surface area contributed by atoms with Crippen molar-refractivity contribution < 1.29 is 10.0 Å². The van der Waals surface area contributed by atoms with Gasteiger partial charge in [-0.1, -0.05) is 44.0 Å². The molecule has 4 heteroatoms. The van der Waals surface area contributed by atoms with Gasteiger partial charge in [0.05, 0.1) is 0 Å². The second-order valence-corrected chi connectivity index (χ2v) is 5.98. The molecule has 0 aromatic heterocycles. The highest BCUT2D eigenvalue weighted by Crippen LogP contribution is 2.22. The summed E-state index contributed by atoms with van der Waals surface area (Å²) in [7, 11) is -1.37. The third kappa shape index (κ3) is 4.62. The maximum absolute atomic E-state index is 9.23. The first-order valence-electron chi connectivity index (χ1n) is 7.86. The van der Waals surface area contributed by atoms with Crippen molar-refractivity contribution in [3.05, 3.63) is 29.8 Å². The van der Waals surface area contributed by atoms with Crippen molar-refractivity contribution in [2.24, 2.45) is 5.92 Å². The molecule has 2 N–H and O–H groups in total. The largest absolute Gasteiger partial charge is 0.488 e. The lowest BCUT2D eigenvalue weighted by Crippen LogP contribution is -2.31. The summed E-state index contributed by atoms with van der Waals surface area (Å²) in [4.78, 5) is 2.50. The summed E-state index contributed by atoms with van der Waals surface area (Å²) < 4.78 is 0. The van der Waals surface area contributed by atoms with E-state index in [9.17, 15) is 10.0 Å². The summed E-state index contributed by atoms with van der Waals surface area (Å²) in [6, 6.07) is 7.63. The zero-order valence-corrected chi connectivity index (χ0v) is 12.5. The minimum Gasteiger partial charge on any atom is -0.423 e. The molecule has 1 saturated heterocycles. The summed E-state index contributed by atoms with van der Waals surface area (Å²) in [6.07, 6.45) is 6.60. The second kappa shape index (κ2) is 7.82.